The summed E-state index contributed by atoms with van der Waals surface area (Å²) in [4.78, 5) is 9.45. The number of anilines is 1. The fourth-order valence-electron chi connectivity index (χ4n) is 3.24. The maximum Gasteiger partial charge on any atom is 0.171 e. The van der Waals surface area contributed by atoms with Gasteiger partial charge in [0.05, 0.1) is 22.1 Å². The second-order valence-electron chi connectivity index (χ2n) is 6.70. The van der Waals surface area contributed by atoms with E-state index >= 15 is 0 Å². The number of aromatic nitrogens is 2. The van der Waals surface area contributed by atoms with Crippen molar-refractivity contribution in [2.75, 3.05) is 18.5 Å². The zero-order valence-corrected chi connectivity index (χ0v) is 16.3. The molecular weight excluding hydrogens is 384 g/mol. The Morgan fingerprint density at radius 2 is 1.48 bits per heavy atom. The Labute approximate surface area is 172 Å². The molecule has 4 aromatic rings. The molecular formula is C22H18N4O2S. The molecule has 0 saturated heterocycles. The van der Waals surface area contributed by atoms with E-state index in [1.165, 1.54) is 5.56 Å². The summed E-state index contributed by atoms with van der Waals surface area (Å²) in [5.41, 5.74) is 5.16. The van der Waals surface area contributed by atoms with Crippen molar-refractivity contribution >= 4 is 45.1 Å². The van der Waals surface area contributed by atoms with Crippen LogP contribution in [0, 0.1) is 0 Å². The third kappa shape index (κ3) is 3.77. The SMILES string of the molecule is S=C(NCc1ccccc1)Nc1ccc2nc3cc4c(cc3nc2c1)OCCO4. The maximum absolute atomic E-state index is 5.65. The molecule has 0 aliphatic carbocycles. The van der Waals surface area contributed by atoms with E-state index in [2.05, 4.69) is 22.8 Å². The van der Waals surface area contributed by atoms with Crippen molar-refractivity contribution in [3.8, 4) is 11.5 Å². The number of benzene rings is 3. The summed E-state index contributed by atoms with van der Waals surface area (Å²) in [6.45, 7) is 1.76. The number of nitrogens with one attached hydrogen (secondary N) is 2. The average molecular weight is 402 g/mol. The third-order valence-corrected chi connectivity index (χ3v) is 4.90. The molecule has 29 heavy (non-hydrogen) atoms. The Morgan fingerprint density at radius 3 is 2.21 bits per heavy atom. The summed E-state index contributed by atoms with van der Waals surface area (Å²) < 4.78 is 11.3. The Kier molecular flexibility index (Phi) is 4.57. The van der Waals surface area contributed by atoms with Crippen LogP contribution < -0.4 is 20.1 Å². The molecule has 1 aliphatic heterocycles. The molecule has 0 atom stereocenters. The topological polar surface area (TPSA) is 68.3 Å². The van der Waals surface area contributed by atoms with Crippen LogP contribution in [-0.2, 0) is 6.54 Å². The van der Waals surface area contributed by atoms with Crippen LogP contribution in [0.1, 0.15) is 5.56 Å². The molecule has 7 heteroatoms. The lowest BCUT2D eigenvalue weighted by molar-refractivity contribution is 0.172. The van der Waals surface area contributed by atoms with Gasteiger partial charge in [-0.2, -0.15) is 0 Å². The molecule has 0 spiro atoms. The third-order valence-electron chi connectivity index (χ3n) is 4.65. The van der Waals surface area contributed by atoms with Crippen molar-refractivity contribution in [3.05, 3.63) is 66.2 Å². The van der Waals surface area contributed by atoms with Gasteiger partial charge in [0, 0.05) is 24.4 Å². The molecule has 6 nitrogen and oxygen atoms in total. The van der Waals surface area contributed by atoms with Crippen LogP contribution in [0.25, 0.3) is 22.1 Å². The first-order valence-electron chi connectivity index (χ1n) is 9.34. The van der Waals surface area contributed by atoms with Crippen molar-refractivity contribution in [3.63, 3.8) is 0 Å². The number of nitrogens with zero attached hydrogens (tertiary/aromatic N) is 2. The van der Waals surface area contributed by atoms with Gasteiger partial charge in [0.2, 0.25) is 0 Å². The van der Waals surface area contributed by atoms with E-state index in [9.17, 15) is 0 Å². The Bertz CT molecular complexity index is 1210. The summed E-state index contributed by atoms with van der Waals surface area (Å²) in [5.74, 6) is 1.42. The lowest BCUT2D eigenvalue weighted by atomic mass is 10.2. The molecule has 0 fully saturated rings. The largest absolute Gasteiger partial charge is 0.486 e. The molecule has 3 aromatic carbocycles. The van der Waals surface area contributed by atoms with Gasteiger partial charge in [-0.25, -0.2) is 9.97 Å². The highest BCUT2D eigenvalue weighted by Crippen LogP contribution is 2.34. The molecule has 0 radical (unpaired) electrons. The number of thiocarbonyl (C=S) groups is 1. The van der Waals surface area contributed by atoms with Gasteiger partial charge in [0.25, 0.3) is 0 Å². The van der Waals surface area contributed by atoms with Crippen LogP contribution >= 0.6 is 12.2 Å². The molecule has 2 heterocycles. The number of ether oxygens (including phenoxy) is 2. The summed E-state index contributed by atoms with van der Waals surface area (Å²) in [6.07, 6.45) is 0. The van der Waals surface area contributed by atoms with Gasteiger partial charge < -0.3 is 20.1 Å². The molecule has 1 aliphatic rings. The van der Waals surface area contributed by atoms with Crippen molar-refractivity contribution in [1.82, 2.24) is 15.3 Å². The average Bonchev–Trinajstić information content (AvgIpc) is 2.75. The van der Waals surface area contributed by atoms with Crippen molar-refractivity contribution in [1.29, 1.82) is 0 Å². The molecule has 0 unspecified atom stereocenters. The van der Waals surface area contributed by atoms with Gasteiger partial charge in [-0.3, -0.25) is 0 Å². The molecule has 5 rings (SSSR count). The van der Waals surface area contributed by atoms with Crippen molar-refractivity contribution < 1.29 is 9.47 Å². The molecule has 0 bridgehead atoms. The first-order valence-corrected chi connectivity index (χ1v) is 9.75. The first kappa shape index (κ1) is 17.6. The fourth-order valence-corrected chi connectivity index (χ4v) is 3.43. The predicted octanol–water partition coefficient (Wildman–Crippen LogP) is 4.04. The lowest BCUT2D eigenvalue weighted by Gasteiger charge is -2.18. The summed E-state index contributed by atoms with van der Waals surface area (Å²) >= 11 is 5.41. The minimum Gasteiger partial charge on any atom is -0.486 e. The van der Waals surface area contributed by atoms with Gasteiger partial charge >= 0.3 is 0 Å². The fraction of sp³-hybridized carbons (Fsp3) is 0.136. The van der Waals surface area contributed by atoms with E-state index in [1.54, 1.807) is 0 Å². The quantitative estimate of drug-likeness (QED) is 0.396. The number of rotatable bonds is 3. The summed E-state index contributed by atoms with van der Waals surface area (Å²) in [5, 5.41) is 6.98. The van der Waals surface area contributed by atoms with E-state index in [4.69, 9.17) is 31.7 Å². The van der Waals surface area contributed by atoms with Crippen LogP contribution in [-0.4, -0.2) is 28.3 Å². The first-order chi connectivity index (χ1) is 14.2. The molecule has 2 N–H and O–H groups in total. The monoisotopic (exact) mass is 402 g/mol. The van der Waals surface area contributed by atoms with Gasteiger partial charge in [0.1, 0.15) is 13.2 Å². The normalized spacial score (nSPS) is 12.7. The summed E-state index contributed by atoms with van der Waals surface area (Å²) in [7, 11) is 0. The Balaban J connectivity index is 1.37. The smallest absolute Gasteiger partial charge is 0.171 e. The van der Waals surface area contributed by atoms with Crippen molar-refractivity contribution in [2.24, 2.45) is 0 Å². The number of hydrogen-bond acceptors (Lipinski definition) is 5. The zero-order chi connectivity index (χ0) is 19.6. The van der Waals surface area contributed by atoms with Crippen LogP contribution in [0.4, 0.5) is 5.69 Å². The Morgan fingerprint density at radius 1 is 0.828 bits per heavy atom. The zero-order valence-electron chi connectivity index (χ0n) is 15.5. The number of hydrogen-bond donors (Lipinski definition) is 2. The predicted molar refractivity (Wildman–Crippen MR) is 118 cm³/mol. The minimum atomic E-state index is 0.543. The maximum atomic E-state index is 5.65. The minimum absolute atomic E-state index is 0.543. The van der Waals surface area contributed by atoms with Gasteiger partial charge in [-0.1, -0.05) is 30.3 Å². The summed E-state index contributed by atoms with van der Waals surface area (Å²) in [6, 6.07) is 19.7. The van der Waals surface area contributed by atoms with Crippen LogP contribution in [0.2, 0.25) is 0 Å². The second-order valence-corrected chi connectivity index (χ2v) is 7.11. The second kappa shape index (κ2) is 7.52. The highest BCUT2D eigenvalue weighted by Gasteiger charge is 2.14. The van der Waals surface area contributed by atoms with Gasteiger partial charge in [0.15, 0.2) is 16.6 Å². The molecule has 0 amide bonds. The van der Waals surface area contributed by atoms with Crippen LogP contribution in [0.15, 0.2) is 60.7 Å². The van der Waals surface area contributed by atoms with E-state index < -0.39 is 0 Å². The molecule has 1 aromatic heterocycles. The van der Waals surface area contributed by atoms with E-state index in [1.807, 2.05) is 48.5 Å². The number of fused-ring (bicyclic) bond motifs is 3. The molecule has 144 valence electrons. The van der Waals surface area contributed by atoms with E-state index in [0.717, 1.165) is 27.8 Å². The van der Waals surface area contributed by atoms with Crippen LogP contribution in [0.5, 0.6) is 11.5 Å². The lowest BCUT2D eigenvalue weighted by Crippen LogP contribution is -2.27. The van der Waals surface area contributed by atoms with E-state index in [-0.39, 0.29) is 0 Å². The highest BCUT2D eigenvalue weighted by atomic mass is 32.1. The van der Waals surface area contributed by atoms with Gasteiger partial charge in [-0.15, -0.1) is 0 Å². The standard InChI is InChI=1S/C22H18N4O2S/c29-22(23-13-14-4-2-1-3-5-14)24-15-6-7-16-17(10-15)26-19-12-21-20(11-18(19)25-16)27-8-9-28-21/h1-7,10-12H,8-9,13H2,(H2,23,24,29). The highest BCUT2D eigenvalue weighted by molar-refractivity contribution is 7.80. The van der Waals surface area contributed by atoms with Crippen LogP contribution in [0.3, 0.4) is 0 Å². The van der Waals surface area contributed by atoms with Gasteiger partial charge in [-0.05, 0) is 36.0 Å². The Hall–Kier alpha value is -3.45. The molecule has 0 saturated carbocycles. The van der Waals surface area contributed by atoms with Crippen molar-refractivity contribution in [2.45, 2.75) is 6.54 Å². The van der Waals surface area contributed by atoms with E-state index in [0.29, 0.717) is 36.4 Å².